The van der Waals surface area contributed by atoms with E-state index in [1.807, 2.05) is 0 Å². The van der Waals surface area contributed by atoms with Gasteiger partial charge in [-0.1, -0.05) is 46.0 Å². The molecule has 0 heterocycles. The van der Waals surface area contributed by atoms with Crippen molar-refractivity contribution in [2.24, 2.45) is 5.92 Å². The molecule has 0 unspecified atom stereocenters. The molecule has 1 aliphatic carbocycles. The molecule has 0 aliphatic heterocycles. The van der Waals surface area contributed by atoms with Crippen molar-refractivity contribution in [3.63, 3.8) is 0 Å². The molecule has 0 bridgehead atoms. The van der Waals surface area contributed by atoms with Crippen LogP contribution in [0, 0.1) is 5.92 Å². The van der Waals surface area contributed by atoms with Gasteiger partial charge in [0, 0.05) is 6.04 Å². The van der Waals surface area contributed by atoms with Gasteiger partial charge in [-0.25, -0.2) is 0 Å². The number of nitrogens with zero attached hydrogens (tertiary/aromatic N) is 1. The van der Waals surface area contributed by atoms with Crippen molar-refractivity contribution < 1.29 is 0 Å². The normalized spacial score (nSPS) is 15.6. The van der Waals surface area contributed by atoms with Crippen LogP contribution in [-0.2, 0) is 0 Å². The molecular formula is C17H35NS. The summed E-state index contributed by atoms with van der Waals surface area (Å²) in [6.07, 6.45) is 14.1. The number of hydrogen-bond acceptors (Lipinski definition) is 2. The summed E-state index contributed by atoms with van der Waals surface area (Å²) in [5.41, 5.74) is 0. The first kappa shape index (κ1) is 17.4. The van der Waals surface area contributed by atoms with E-state index in [0.29, 0.717) is 0 Å². The fraction of sp³-hybridized carbons (Fsp3) is 1.00. The van der Waals surface area contributed by atoms with Gasteiger partial charge in [0.05, 0.1) is 0 Å². The van der Waals surface area contributed by atoms with E-state index in [1.54, 1.807) is 0 Å². The first-order valence-corrected chi connectivity index (χ1v) is 9.22. The zero-order valence-electron chi connectivity index (χ0n) is 13.2. The number of hydrogen-bond donors (Lipinski definition) is 1. The van der Waals surface area contributed by atoms with Crippen LogP contribution >= 0.6 is 12.6 Å². The predicted molar refractivity (Wildman–Crippen MR) is 90.2 cm³/mol. The van der Waals surface area contributed by atoms with Crippen molar-refractivity contribution in [2.45, 2.75) is 84.1 Å². The number of unbranched alkanes of at least 4 members (excludes halogenated alkanes) is 6. The van der Waals surface area contributed by atoms with E-state index in [4.69, 9.17) is 0 Å². The van der Waals surface area contributed by atoms with Gasteiger partial charge in [0.15, 0.2) is 0 Å². The maximum atomic E-state index is 4.26. The molecule has 0 spiro atoms. The summed E-state index contributed by atoms with van der Waals surface area (Å²) in [7, 11) is 0. The van der Waals surface area contributed by atoms with Crippen molar-refractivity contribution in [1.29, 1.82) is 0 Å². The second-order valence-electron chi connectivity index (χ2n) is 6.65. The Hall–Kier alpha value is 0.310. The minimum Gasteiger partial charge on any atom is -0.300 e. The minimum atomic E-state index is 0.855. The lowest BCUT2D eigenvalue weighted by Crippen LogP contribution is -2.29. The lowest BCUT2D eigenvalue weighted by molar-refractivity contribution is 0.242. The first-order chi connectivity index (χ1) is 9.24. The van der Waals surface area contributed by atoms with Crippen molar-refractivity contribution in [3.8, 4) is 0 Å². The summed E-state index contributed by atoms with van der Waals surface area (Å²) in [5, 5.41) is 0. The molecule has 1 aliphatic rings. The van der Waals surface area contributed by atoms with Gasteiger partial charge in [-0.05, 0) is 56.9 Å². The highest BCUT2D eigenvalue weighted by molar-refractivity contribution is 7.80. The third-order valence-corrected chi connectivity index (χ3v) is 4.48. The number of thiol groups is 1. The summed E-state index contributed by atoms with van der Waals surface area (Å²) in [5.74, 6) is 1.92. The van der Waals surface area contributed by atoms with Crippen LogP contribution in [0.4, 0.5) is 0 Å². The van der Waals surface area contributed by atoms with Crippen LogP contribution < -0.4 is 0 Å². The third kappa shape index (κ3) is 9.79. The van der Waals surface area contributed by atoms with E-state index in [9.17, 15) is 0 Å². The predicted octanol–water partition coefficient (Wildman–Crippen LogP) is 5.16. The quantitative estimate of drug-likeness (QED) is 0.361. The highest BCUT2D eigenvalue weighted by Crippen LogP contribution is 2.27. The van der Waals surface area contributed by atoms with Gasteiger partial charge in [0.2, 0.25) is 0 Å². The van der Waals surface area contributed by atoms with E-state index in [1.165, 1.54) is 77.3 Å². The maximum absolute atomic E-state index is 4.26. The van der Waals surface area contributed by atoms with Gasteiger partial charge in [-0.15, -0.1) is 0 Å². The zero-order valence-corrected chi connectivity index (χ0v) is 14.1. The number of rotatable bonds is 13. The Balaban J connectivity index is 1.93. The molecule has 0 saturated heterocycles. The van der Waals surface area contributed by atoms with Crippen LogP contribution in [0.2, 0.25) is 0 Å². The smallest absolute Gasteiger partial charge is 0.00964 e. The fourth-order valence-corrected chi connectivity index (χ4v) is 2.87. The van der Waals surface area contributed by atoms with E-state index < -0.39 is 0 Å². The summed E-state index contributed by atoms with van der Waals surface area (Å²) in [4.78, 5) is 2.76. The molecule has 19 heavy (non-hydrogen) atoms. The minimum absolute atomic E-state index is 0.855. The molecule has 0 radical (unpaired) electrons. The molecular weight excluding hydrogens is 250 g/mol. The topological polar surface area (TPSA) is 3.24 Å². The van der Waals surface area contributed by atoms with Crippen LogP contribution in [0.15, 0.2) is 0 Å². The molecule has 1 nitrogen and oxygen atoms in total. The van der Waals surface area contributed by atoms with Gasteiger partial charge < -0.3 is 4.90 Å². The molecule has 0 aromatic rings. The molecule has 114 valence electrons. The van der Waals surface area contributed by atoms with Crippen molar-refractivity contribution >= 4 is 12.6 Å². The van der Waals surface area contributed by atoms with Crippen molar-refractivity contribution in [1.82, 2.24) is 4.90 Å². The van der Waals surface area contributed by atoms with Gasteiger partial charge in [-0.3, -0.25) is 0 Å². The maximum Gasteiger partial charge on any atom is 0.00964 e. The summed E-state index contributed by atoms with van der Waals surface area (Å²) in [6, 6.07) is 0.953. The molecule has 1 saturated carbocycles. The Kier molecular flexibility index (Phi) is 10.1. The second-order valence-corrected chi connectivity index (χ2v) is 7.10. The molecule has 0 aromatic carbocycles. The second kappa shape index (κ2) is 11.0. The van der Waals surface area contributed by atoms with Gasteiger partial charge in [0.1, 0.15) is 0 Å². The van der Waals surface area contributed by atoms with Crippen LogP contribution in [0.3, 0.4) is 0 Å². The lowest BCUT2D eigenvalue weighted by Gasteiger charge is -2.22. The van der Waals surface area contributed by atoms with Crippen LogP contribution in [0.1, 0.15) is 78.1 Å². The fourth-order valence-electron chi connectivity index (χ4n) is 2.65. The Bertz CT molecular complexity index is 201. The largest absolute Gasteiger partial charge is 0.300 e. The van der Waals surface area contributed by atoms with Crippen LogP contribution in [0.5, 0.6) is 0 Å². The lowest BCUT2D eigenvalue weighted by atomic mass is 10.1. The van der Waals surface area contributed by atoms with Gasteiger partial charge >= 0.3 is 0 Å². The van der Waals surface area contributed by atoms with Crippen molar-refractivity contribution in [2.75, 3.05) is 18.8 Å². The Morgan fingerprint density at radius 3 is 2.00 bits per heavy atom. The monoisotopic (exact) mass is 285 g/mol. The summed E-state index contributed by atoms with van der Waals surface area (Å²) >= 11 is 4.26. The highest BCUT2D eigenvalue weighted by Gasteiger charge is 2.27. The van der Waals surface area contributed by atoms with E-state index in [-0.39, 0.29) is 0 Å². The van der Waals surface area contributed by atoms with Crippen LogP contribution in [0.25, 0.3) is 0 Å². The summed E-state index contributed by atoms with van der Waals surface area (Å²) in [6.45, 7) is 7.38. The molecule has 0 aromatic heterocycles. The highest BCUT2D eigenvalue weighted by atomic mass is 32.1. The molecule has 1 rings (SSSR count). The van der Waals surface area contributed by atoms with Gasteiger partial charge in [0.25, 0.3) is 0 Å². The molecule has 0 atom stereocenters. The van der Waals surface area contributed by atoms with E-state index in [0.717, 1.165) is 17.7 Å². The van der Waals surface area contributed by atoms with Gasteiger partial charge in [-0.2, -0.15) is 12.6 Å². The zero-order chi connectivity index (χ0) is 13.9. The first-order valence-electron chi connectivity index (χ1n) is 8.59. The van der Waals surface area contributed by atoms with E-state index in [2.05, 4.69) is 31.4 Å². The Morgan fingerprint density at radius 1 is 0.895 bits per heavy atom. The average Bonchev–Trinajstić information content (AvgIpc) is 3.20. The Labute approximate surface area is 126 Å². The van der Waals surface area contributed by atoms with E-state index >= 15 is 0 Å². The standard InChI is InChI=1S/C17H35NS/c1-16(2)12-14-18(17-10-11-17)13-8-6-4-3-5-7-9-15-19/h16-17,19H,3-15H2,1-2H3. The van der Waals surface area contributed by atoms with Crippen LogP contribution in [-0.4, -0.2) is 29.8 Å². The molecule has 0 N–H and O–H groups in total. The Morgan fingerprint density at radius 2 is 1.47 bits per heavy atom. The molecule has 2 heteroatoms. The molecule has 1 fully saturated rings. The summed E-state index contributed by atoms with van der Waals surface area (Å²) < 4.78 is 0. The third-order valence-electron chi connectivity index (χ3n) is 4.16. The average molecular weight is 286 g/mol. The molecule has 0 amide bonds. The van der Waals surface area contributed by atoms with Crippen molar-refractivity contribution in [3.05, 3.63) is 0 Å². The SMILES string of the molecule is CC(C)CCN(CCCCCCCCCS)C1CC1.